The molecule has 1 unspecified atom stereocenters. The summed E-state index contributed by atoms with van der Waals surface area (Å²) < 4.78 is 7.29. The van der Waals surface area contributed by atoms with E-state index in [0.29, 0.717) is 0 Å². The second-order valence-corrected chi connectivity index (χ2v) is 7.98. The predicted molar refractivity (Wildman–Crippen MR) is 102 cm³/mol. The second kappa shape index (κ2) is 6.78. The van der Waals surface area contributed by atoms with Crippen molar-refractivity contribution in [2.24, 2.45) is 12.5 Å². The number of likely N-dealkylation sites (N-methyl/N-ethyl adjacent to an activating group) is 1. The summed E-state index contributed by atoms with van der Waals surface area (Å²) in [5.74, 6) is 2.09. The highest BCUT2D eigenvalue weighted by molar-refractivity contribution is 5.93. The van der Waals surface area contributed by atoms with Crippen molar-refractivity contribution in [1.29, 1.82) is 0 Å². The fourth-order valence-corrected chi connectivity index (χ4v) is 4.01. The van der Waals surface area contributed by atoms with E-state index in [1.165, 1.54) is 0 Å². The first-order valence-electron chi connectivity index (χ1n) is 9.18. The standard InChI is InChI=1S/C21H29N3O2/c1-20(2)15-21(20,16-8-10-17(26-5)11-9-16)19(25)24(4)13-6-7-18-22-12-14-23(18)3/h8-12,14H,6-7,13,15H2,1-5H3. The monoisotopic (exact) mass is 355 g/mol. The van der Waals surface area contributed by atoms with E-state index in [1.54, 1.807) is 7.11 Å². The average Bonchev–Trinajstić information content (AvgIpc) is 2.99. The van der Waals surface area contributed by atoms with Crippen molar-refractivity contribution < 1.29 is 9.53 Å². The Hall–Kier alpha value is -2.30. The maximum Gasteiger partial charge on any atom is 0.233 e. The summed E-state index contributed by atoms with van der Waals surface area (Å²) in [4.78, 5) is 19.6. The highest BCUT2D eigenvalue weighted by Crippen LogP contribution is 2.65. The molecule has 1 aliphatic rings. The van der Waals surface area contributed by atoms with Crippen LogP contribution in [0.4, 0.5) is 0 Å². The van der Waals surface area contributed by atoms with Gasteiger partial charge in [-0.25, -0.2) is 4.98 Å². The van der Waals surface area contributed by atoms with Gasteiger partial charge in [-0.3, -0.25) is 4.79 Å². The molecule has 0 radical (unpaired) electrons. The lowest BCUT2D eigenvalue weighted by Crippen LogP contribution is -2.39. The number of methoxy groups -OCH3 is 1. The molecule has 140 valence electrons. The second-order valence-electron chi connectivity index (χ2n) is 7.98. The number of aromatic nitrogens is 2. The Morgan fingerprint density at radius 2 is 1.96 bits per heavy atom. The Labute approximate surface area is 156 Å². The van der Waals surface area contributed by atoms with E-state index in [-0.39, 0.29) is 11.3 Å². The third kappa shape index (κ3) is 3.11. The fraction of sp³-hybridized carbons (Fsp3) is 0.524. The van der Waals surface area contributed by atoms with Crippen molar-refractivity contribution in [3.05, 3.63) is 48.0 Å². The molecule has 0 aliphatic heterocycles. The normalized spacial score (nSPS) is 20.7. The minimum absolute atomic E-state index is 0.0212. The van der Waals surface area contributed by atoms with Gasteiger partial charge < -0.3 is 14.2 Å². The van der Waals surface area contributed by atoms with Gasteiger partial charge in [0.2, 0.25) is 5.91 Å². The zero-order chi connectivity index (χ0) is 18.9. The van der Waals surface area contributed by atoms with E-state index < -0.39 is 5.41 Å². The Morgan fingerprint density at radius 1 is 1.31 bits per heavy atom. The molecule has 0 N–H and O–H groups in total. The summed E-state index contributed by atoms with van der Waals surface area (Å²) in [6, 6.07) is 7.96. The summed E-state index contributed by atoms with van der Waals surface area (Å²) >= 11 is 0. The van der Waals surface area contributed by atoms with E-state index in [1.807, 2.05) is 60.2 Å². The van der Waals surface area contributed by atoms with Gasteiger partial charge in [-0.05, 0) is 36.0 Å². The highest BCUT2D eigenvalue weighted by Gasteiger charge is 2.67. The molecule has 1 saturated carbocycles. The van der Waals surface area contributed by atoms with Gasteiger partial charge in [0.25, 0.3) is 0 Å². The lowest BCUT2D eigenvalue weighted by Gasteiger charge is -2.27. The molecule has 1 amide bonds. The number of aryl methyl sites for hydroxylation is 2. The number of hydrogen-bond acceptors (Lipinski definition) is 3. The Morgan fingerprint density at radius 3 is 2.46 bits per heavy atom. The number of carbonyl (C=O) groups excluding carboxylic acids is 1. The van der Waals surface area contributed by atoms with Gasteiger partial charge in [-0.2, -0.15) is 0 Å². The van der Waals surface area contributed by atoms with E-state index in [2.05, 4.69) is 18.8 Å². The topological polar surface area (TPSA) is 47.4 Å². The summed E-state index contributed by atoms with van der Waals surface area (Å²) in [5.41, 5.74) is 0.647. The summed E-state index contributed by atoms with van der Waals surface area (Å²) in [6.45, 7) is 5.09. The maximum absolute atomic E-state index is 13.3. The molecule has 1 aliphatic carbocycles. The molecular weight excluding hydrogens is 326 g/mol. The number of amides is 1. The van der Waals surface area contributed by atoms with Crippen LogP contribution in [0.5, 0.6) is 5.75 Å². The van der Waals surface area contributed by atoms with Crippen LogP contribution in [0.25, 0.3) is 0 Å². The van der Waals surface area contributed by atoms with Crippen LogP contribution >= 0.6 is 0 Å². The van der Waals surface area contributed by atoms with Gasteiger partial charge in [0, 0.05) is 39.5 Å². The molecule has 1 fully saturated rings. The van der Waals surface area contributed by atoms with Crippen LogP contribution in [0.15, 0.2) is 36.7 Å². The molecule has 0 spiro atoms. The zero-order valence-corrected chi connectivity index (χ0v) is 16.5. The number of benzene rings is 1. The fourth-order valence-electron chi connectivity index (χ4n) is 4.01. The molecule has 2 aromatic rings. The van der Waals surface area contributed by atoms with Gasteiger partial charge in [0.15, 0.2) is 0 Å². The van der Waals surface area contributed by atoms with Gasteiger partial charge in [0.05, 0.1) is 12.5 Å². The molecule has 0 saturated heterocycles. The van der Waals surface area contributed by atoms with Gasteiger partial charge in [-0.1, -0.05) is 26.0 Å². The molecular formula is C21H29N3O2. The molecule has 1 atom stereocenters. The van der Waals surface area contributed by atoms with Crippen LogP contribution in [0.1, 0.15) is 38.1 Å². The van der Waals surface area contributed by atoms with Crippen molar-refractivity contribution in [2.45, 2.75) is 38.5 Å². The number of hydrogen-bond donors (Lipinski definition) is 0. The van der Waals surface area contributed by atoms with Crippen LogP contribution in [0.3, 0.4) is 0 Å². The molecule has 5 heteroatoms. The molecule has 5 nitrogen and oxygen atoms in total. The maximum atomic E-state index is 13.3. The smallest absolute Gasteiger partial charge is 0.233 e. The van der Waals surface area contributed by atoms with Gasteiger partial charge in [-0.15, -0.1) is 0 Å². The molecule has 1 aromatic carbocycles. The first-order chi connectivity index (χ1) is 12.3. The quantitative estimate of drug-likeness (QED) is 0.766. The van der Waals surface area contributed by atoms with Crippen molar-refractivity contribution in [2.75, 3.05) is 20.7 Å². The van der Waals surface area contributed by atoms with Crippen LogP contribution in [0, 0.1) is 5.41 Å². The lowest BCUT2D eigenvalue weighted by atomic mass is 9.86. The SMILES string of the molecule is COc1ccc(C2(C(=O)N(C)CCCc3nccn3C)CC2(C)C)cc1. The van der Waals surface area contributed by atoms with E-state index in [9.17, 15) is 4.79 Å². The molecule has 0 bridgehead atoms. The van der Waals surface area contributed by atoms with Gasteiger partial charge in [0.1, 0.15) is 11.6 Å². The van der Waals surface area contributed by atoms with Crippen molar-refractivity contribution >= 4 is 5.91 Å². The van der Waals surface area contributed by atoms with E-state index in [0.717, 1.165) is 42.9 Å². The van der Waals surface area contributed by atoms with Crippen molar-refractivity contribution in [3.63, 3.8) is 0 Å². The minimum atomic E-state index is -0.419. The van der Waals surface area contributed by atoms with Gasteiger partial charge >= 0.3 is 0 Å². The third-order valence-corrected chi connectivity index (χ3v) is 5.85. The summed E-state index contributed by atoms with van der Waals surface area (Å²) in [5, 5.41) is 0. The number of imidazole rings is 1. The first kappa shape index (κ1) is 18.5. The van der Waals surface area contributed by atoms with E-state index >= 15 is 0 Å². The van der Waals surface area contributed by atoms with Crippen LogP contribution in [0.2, 0.25) is 0 Å². The van der Waals surface area contributed by atoms with Crippen molar-refractivity contribution in [1.82, 2.24) is 14.5 Å². The van der Waals surface area contributed by atoms with Crippen LogP contribution < -0.4 is 4.74 Å². The number of rotatable bonds is 7. The zero-order valence-electron chi connectivity index (χ0n) is 16.5. The summed E-state index contributed by atoms with van der Waals surface area (Å²) in [7, 11) is 5.58. The Kier molecular flexibility index (Phi) is 4.82. The predicted octanol–water partition coefficient (Wildman–Crippen LogP) is 3.19. The van der Waals surface area contributed by atoms with Crippen LogP contribution in [-0.4, -0.2) is 41.1 Å². The minimum Gasteiger partial charge on any atom is -0.497 e. The van der Waals surface area contributed by atoms with Crippen molar-refractivity contribution in [3.8, 4) is 5.75 Å². The average molecular weight is 355 g/mol. The largest absolute Gasteiger partial charge is 0.497 e. The Balaban J connectivity index is 1.69. The van der Waals surface area contributed by atoms with E-state index in [4.69, 9.17) is 4.74 Å². The Bertz CT molecular complexity index is 779. The lowest BCUT2D eigenvalue weighted by molar-refractivity contribution is -0.133. The summed E-state index contributed by atoms with van der Waals surface area (Å²) in [6.07, 6.45) is 6.44. The molecule has 26 heavy (non-hydrogen) atoms. The molecule has 3 rings (SSSR count). The number of ether oxygens (including phenoxy) is 1. The first-order valence-corrected chi connectivity index (χ1v) is 9.18. The molecule has 1 heterocycles. The molecule has 1 aromatic heterocycles. The highest BCUT2D eigenvalue weighted by atomic mass is 16.5. The number of carbonyl (C=O) groups is 1. The third-order valence-electron chi connectivity index (χ3n) is 5.85. The number of nitrogens with zero attached hydrogens (tertiary/aromatic N) is 3. The van der Waals surface area contributed by atoms with Crippen LogP contribution in [-0.2, 0) is 23.7 Å².